The fourth-order valence-electron chi connectivity index (χ4n) is 3.65. The molecule has 1 aromatic carbocycles. The fourth-order valence-corrected chi connectivity index (χ4v) is 3.65. The average molecular weight is 403 g/mol. The fraction of sp³-hybridized carbons (Fsp3) is 0.348. The van der Waals surface area contributed by atoms with E-state index in [-0.39, 0.29) is 11.8 Å². The molecule has 0 unspecified atom stereocenters. The topological polar surface area (TPSA) is 85.0 Å². The van der Waals surface area contributed by atoms with Gasteiger partial charge in [0.1, 0.15) is 5.69 Å². The van der Waals surface area contributed by atoms with Crippen LogP contribution in [0, 0.1) is 5.92 Å². The van der Waals surface area contributed by atoms with Gasteiger partial charge < -0.3 is 9.32 Å². The van der Waals surface area contributed by atoms with Crippen LogP contribution in [-0.2, 0) is 4.79 Å². The van der Waals surface area contributed by atoms with Crippen LogP contribution in [0.1, 0.15) is 38.8 Å². The third kappa shape index (κ3) is 4.15. The molecule has 7 heteroatoms. The van der Waals surface area contributed by atoms with E-state index in [0.29, 0.717) is 30.6 Å². The van der Waals surface area contributed by atoms with E-state index in [9.17, 15) is 4.79 Å². The number of rotatable bonds is 6. The molecular formula is C23H25N5O2. The van der Waals surface area contributed by atoms with E-state index in [1.54, 1.807) is 12.4 Å². The molecule has 0 N–H and O–H groups in total. The van der Waals surface area contributed by atoms with Crippen LogP contribution in [0.25, 0.3) is 28.6 Å². The molecular weight excluding hydrogens is 378 g/mol. The number of carbonyl (C=O) groups excluding carboxylic acids is 1. The first-order chi connectivity index (χ1) is 14.7. The maximum atomic E-state index is 12.6. The Morgan fingerprint density at radius 3 is 2.50 bits per heavy atom. The summed E-state index contributed by atoms with van der Waals surface area (Å²) in [5.74, 6) is 1.14. The first-order valence-electron chi connectivity index (χ1n) is 10.4. The first-order valence-corrected chi connectivity index (χ1v) is 10.4. The van der Waals surface area contributed by atoms with Crippen molar-refractivity contribution in [2.45, 2.75) is 33.1 Å². The molecule has 0 radical (unpaired) electrons. The summed E-state index contributed by atoms with van der Waals surface area (Å²) in [6, 6.07) is 9.62. The van der Waals surface area contributed by atoms with Crippen LogP contribution < -0.4 is 0 Å². The average Bonchev–Trinajstić information content (AvgIpc) is 3.31. The Morgan fingerprint density at radius 1 is 1.07 bits per heavy atom. The highest BCUT2D eigenvalue weighted by molar-refractivity contribution is 5.80. The lowest BCUT2D eigenvalue weighted by Crippen LogP contribution is -2.38. The van der Waals surface area contributed by atoms with Gasteiger partial charge in [-0.05, 0) is 37.0 Å². The zero-order valence-electron chi connectivity index (χ0n) is 17.3. The Kier molecular flexibility index (Phi) is 5.97. The smallest absolute Gasteiger partial charge is 0.268 e. The number of benzene rings is 1. The highest BCUT2D eigenvalue weighted by atomic mass is 16.4. The maximum Gasteiger partial charge on any atom is 0.268 e. The monoisotopic (exact) mass is 403 g/mol. The number of hydrogen-bond donors (Lipinski definition) is 0. The van der Waals surface area contributed by atoms with Crippen LogP contribution >= 0.6 is 0 Å². The van der Waals surface area contributed by atoms with E-state index in [4.69, 9.17) is 4.42 Å². The van der Waals surface area contributed by atoms with Gasteiger partial charge in [-0.3, -0.25) is 9.78 Å². The van der Waals surface area contributed by atoms with Gasteiger partial charge in [-0.15, -0.1) is 10.2 Å². The summed E-state index contributed by atoms with van der Waals surface area (Å²) in [4.78, 5) is 23.5. The van der Waals surface area contributed by atoms with Crippen molar-refractivity contribution in [1.82, 2.24) is 25.1 Å². The quantitative estimate of drug-likeness (QED) is 0.612. The number of hydrogen-bond acceptors (Lipinski definition) is 6. The summed E-state index contributed by atoms with van der Waals surface area (Å²) in [6.45, 7) is 5.44. The van der Waals surface area contributed by atoms with E-state index in [1.165, 1.54) is 0 Å². The van der Waals surface area contributed by atoms with Crippen LogP contribution in [-0.4, -0.2) is 44.1 Å². The Balaban J connectivity index is 1.51. The van der Waals surface area contributed by atoms with E-state index in [2.05, 4.69) is 40.1 Å². The lowest BCUT2D eigenvalue weighted by molar-refractivity contribution is -0.135. The van der Waals surface area contributed by atoms with Gasteiger partial charge >= 0.3 is 0 Å². The molecule has 0 atom stereocenters. The van der Waals surface area contributed by atoms with Gasteiger partial charge in [0.2, 0.25) is 11.8 Å². The van der Waals surface area contributed by atoms with E-state index >= 15 is 0 Å². The molecule has 0 saturated carbocycles. The zero-order valence-corrected chi connectivity index (χ0v) is 17.3. The van der Waals surface area contributed by atoms with Gasteiger partial charge in [-0.25, -0.2) is 4.98 Å². The summed E-state index contributed by atoms with van der Waals surface area (Å²) in [5, 5.41) is 8.25. The molecule has 1 aliphatic rings. The molecule has 0 bridgehead atoms. The van der Waals surface area contributed by atoms with E-state index in [0.717, 1.165) is 36.1 Å². The maximum absolute atomic E-state index is 12.6. The third-order valence-corrected chi connectivity index (χ3v) is 5.48. The Morgan fingerprint density at radius 2 is 1.80 bits per heavy atom. The number of aromatic nitrogens is 4. The molecule has 7 nitrogen and oxygen atoms in total. The molecule has 1 amide bonds. The van der Waals surface area contributed by atoms with Gasteiger partial charge in [0.15, 0.2) is 0 Å². The van der Waals surface area contributed by atoms with Gasteiger partial charge in [-0.2, -0.15) is 0 Å². The molecule has 1 aliphatic heterocycles. The predicted octanol–water partition coefficient (Wildman–Crippen LogP) is 4.25. The van der Waals surface area contributed by atoms with Gasteiger partial charge in [0.25, 0.3) is 5.89 Å². The summed E-state index contributed by atoms with van der Waals surface area (Å²) >= 11 is 0. The Labute approximate surface area is 175 Å². The van der Waals surface area contributed by atoms with Gasteiger partial charge in [-0.1, -0.05) is 38.1 Å². The zero-order chi connectivity index (χ0) is 20.9. The van der Waals surface area contributed by atoms with Crippen molar-refractivity contribution in [2.75, 3.05) is 13.1 Å². The highest BCUT2D eigenvalue weighted by Gasteiger charge is 2.24. The van der Waals surface area contributed by atoms with Crippen molar-refractivity contribution in [3.63, 3.8) is 0 Å². The van der Waals surface area contributed by atoms with Crippen LogP contribution in [0.2, 0.25) is 0 Å². The molecule has 2 aromatic heterocycles. The minimum atomic E-state index is 0.111. The molecule has 0 fully saturated rings. The molecule has 0 aliphatic carbocycles. The van der Waals surface area contributed by atoms with Crippen molar-refractivity contribution in [2.24, 2.45) is 5.92 Å². The third-order valence-electron chi connectivity index (χ3n) is 5.48. The molecule has 154 valence electrons. The molecule has 4 rings (SSSR count). The van der Waals surface area contributed by atoms with E-state index in [1.807, 2.05) is 35.2 Å². The standard InChI is InChI=1S/C23H25N5O2/c1-3-16(4-2)23(29)28-12-10-17(11-13-28)19-14-24-15-20(25-19)22-27-26-21(30-22)18-8-6-5-7-9-18/h5-10,14-16H,3-4,11-13H2,1-2H3. The van der Waals surface area contributed by atoms with Crippen molar-refractivity contribution in [3.05, 3.63) is 54.5 Å². The highest BCUT2D eigenvalue weighted by Crippen LogP contribution is 2.26. The van der Waals surface area contributed by atoms with Crippen molar-refractivity contribution < 1.29 is 9.21 Å². The Hall–Kier alpha value is -3.35. The van der Waals surface area contributed by atoms with Crippen molar-refractivity contribution in [1.29, 1.82) is 0 Å². The van der Waals surface area contributed by atoms with Gasteiger partial charge in [0.05, 0.1) is 18.1 Å². The normalized spacial score (nSPS) is 14.1. The summed E-state index contributed by atoms with van der Waals surface area (Å²) < 4.78 is 5.80. The largest absolute Gasteiger partial charge is 0.415 e. The number of carbonyl (C=O) groups is 1. The van der Waals surface area contributed by atoms with Crippen molar-refractivity contribution in [3.8, 4) is 23.0 Å². The van der Waals surface area contributed by atoms with Crippen molar-refractivity contribution >= 4 is 11.5 Å². The number of amides is 1. The minimum Gasteiger partial charge on any atom is -0.415 e. The van der Waals surface area contributed by atoms with Crippen LogP contribution in [0.15, 0.2) is 53.2 Å². The van der Waals surface area contributed by atoms with E-state index < -0.39 is 0 Å². The molecule has 3 aromatic rings. The van der Waals surface area contributed by atoms with Crippen LogP contribution in [0.3, 0.4) is 0 Å². The summed E-state index contributed by atoms with van der Waals surface area (Å²) in [7, 11) is 0. The lowest BCUT2D eigenvalue weighted by Gasteiger charge is -2.29. The first kappa shape index (κ1) is 19.9. The van der Waals surface area contributed by atoms with Gasteiger partial charge in [0, 0.05) is 24.6 Å². The number of nitrogens with zero attached hydrogens (tertiary/aromatic N) is 5. The second-order valence-corrected chi connectivity index (χ2v) is 7.34. The molecule has 30 heavy (non-hydrogen) atoms. The minimum absolute atomic E-state index is 0.111. The molecule has 3 heterocycles. The summed E-state index contributed by atoms with van der Waals surface area (Å²) in [5.41, 5.74) is 3.26. The Bertz CT molecular complexity index is 1040. The second-order valence-electron chi connectivity index (χ2n) is 7.34. The lowest BCUT2D eigenvalue weighted by atomic mass is 9.99. The molecule has 0 saturated heterocycles. The predicted molar refractivity (Wildman–Crippen MR) is 114 cm³/mol. The summed E-state index contributed by atoms with van der Waals surface area (Å²) in [6.07, 6.45) is 7.94. The van der Waals surface area contributed by atoms with Crippen LogP contribution in [0.4, 0.5) is 0 Å². The molecule has 0 spiro atoms. The second kappa shape index (κ2) is 8.98. The van der Waals surface area contributed by atoms with Crippen LogP contribution in [0.5, 0.6) is 0 Å². The SMILES string of the molecule is CCC(CC)C(=O)N1CC=C(c2cncc(-c3nnc(-c4ccccc4)o3)n2)CC1.